The minimum absolute atomic E-state index is 0.145. The summed E-state index contributed by atoms with van der Waals surface area (Å²) >= 11 is 1.65. The lowest BCUT2D eigenvalue weighted by atomic mass is 10.2. The fourth-order valence-corrected chi connectivity index (χ4v) is 2.63. The smallest absolute Gasteiger partial charge is 0.306 e. The third-order valence-electron chi connectivity index (χ3n) is 2.58. The molecule has 4 nitrogen and oxygen atoms in total. The first-order chi connectivity index (χ1) is 8.71. The largest absolute Gasteiger partial charge is 0.466 e. The van der Waals surface area contributed by atoms with Crippen LogP contribution in [-0.2, 0) is 16.0 Å². The van der Waals surface area contributed by atoms with E-state index in [1.165, 1.54) is 0 Å². The number of nitrogens with zero attached hydrogens (tertiary/aromatic N) is 2. The molecule has 0 radical (unpaired) electrons. The Hall–Kier alpha value is -1.10. The second-order valence-electron chi connectivity index (χ2n) is 4.01. The molecule has 0 spiro atoms. The number of aromatic nitrogens is 1. The number of hydrogen-bond acceptors (Lipinski definition) is 5. The summed E-state index contributed by atoms with van der Waals surface area (Å²) in [6.45, 7) is 8.57. The predicted octanol–water partition coefficient (Wildman–Crippen LogP) is 2.88. The van der Waals surface area contributed by atoms with E-state index in [1.54, 1.807) is 11.3 Å². The molecule has 0 bridgehead atoms. The van der Waals surface area contributed by atoms with E-state index in [0.29, 0.717) is 19.4 Å². The highest BCUT2D eigenvalue weighted by molar-refractivity contribution is 7.13. The van der Waals surface area contributed by atoms with Gasteiger partial charge < -0.3 is 9.64 Å². The summed E-state index contributed by atoms with van der Waals surface area (Å²) < 4.78 is 4.90. The molecule has 18 heavy (non-hydrogen) atoms. The van der Waals surface area contributed by atoms with E-state index in [-0.39, 0.29) is 5.97 Å². The van der Waals surface area contributed by atoms with Crippen LogP contribution in [0, 0.1) is 0 Å². The van der Waals surface area contributed by atoms with Crippen molar-refractivity contribution in [3.05, 3.63) is 11.1 Å². The molecular weight excluding hydrogens is 248 g/mol. The Morgan fingerprint density at radius 1 is 1.44 bits per heavy atom. The monoisotopic (exact) mass is 270 g/mol. The van der Waals surface area contributed by atoms with Crippen molar-refractivity contribution in [3.63, 3.8) is 0 Å². The summed E-state index contributed by atoms with van der Waals surface area (Å²) in [4.78, 5) is 18.1. The molecule has 1 aromatic rings. The van der Waals surface area contributed by atoms with Gasteiger partial charge in [-0.25, -0.2) is 4.98 Å². The van der Waals surface area contributed by atoms with Gasteiger partial charge in [-0.2, -0.15) is 0 Å². The van der Waals surface area contributed by atoms with Gasteiger partial charge in [0.05, 0.1) is 18.7 Å². The van der Waals surface area contributed by atoms with Crippen molar-refractivity contribution in [2.24, 2.45) is 0 Å². The zero-order chi connectivity index (χ0) is 13.4. The van der Waals surface area contributed by atoms with Crippen LogP contribution in [0.5, 0.6) is 0 Å². The van der Waals surface area contributed by atoms with Gasteiger partial charge in [0.2, 0.25) is 0 Å². The highest BCUT2D eigenvalue weighted by Crippen LogP contribution is 2.21. The van der Waals surface area contributed by atoms with Gasteiger partial charge in [0.15, 0.2) is 5.13 Å². The van der Waals surface area contributed by atoms with Crippen LogP contribution in [0.4, 0.5) is 5.13 Å². The average Bonchev–Trinajstić information content (AvgIpc) is 2.82. The average molecular weight is 270 g/mol. The first kappa shape index (κ1) is 15.0. The fourth-order valence-electron chi connectivity index (χ4n) is 1.68. The van der Waals surface area contributed by atoms with Gasteiger partial charge in [0.25, 0.3) is 0 Å². The van der Waals surface area contributed by atoms with E-state index in [9.17, 15) is 4.79 Å². The topological polar surface area (TPSA) is 42.4 Å². The van der Waals surface area contributed by atoms with Gasteiger partial charge in [0, 0.05) is 24.9 Å². The summed E-state index contributed by atoms with van der Waals surface area (Å²) in [7, 11) is 0. The van der Waals surface area contributed by atoms with E-state index in [1.807, 2.05) is 12.3 Å². The number of ether oxygens (including phenoxy) is 1. The predicted molar refractivity (Wildman–Crippen MR) is 75.2 cm³/mol. The summed E-state index contributed by atoms with van der Waals surface area (Å²) in [6, 6.07) is 0. The van der Waals surface area contributed by atoms with Crippen LogP contribution in [0.1, 0.15) is 39.3 Å². The van der Waals surface area contributed by atoms with E-state index in [2.05, 4.69) is 23.7 Å². The third-order valence-corrected chi connectivity index (χ3v) is 3.53. The second kappa shape index (κ2) is 8.08. The van der Waals surface area contributed by atoms with Crippen LogP contribution in [0.15, 0.2) is 5.38 Å². The van der Waals surface area contributed by atoms with Crippen molar-refractivity contribution >= 4 is 22.4 Å². The standard InChI is InChI=1S/C13H22N2O2S/c1-4-9-15(5-2)13-14-11(10-18-13)7-8-12(16)17-6-3/h10H,4-9H2,1-3H3. The number of rotatable bonds is 8. The lowest BCUT2D eigenvalue weighted by Gasteiger charge is -2.18. The molecule has 0 atom stereocenters. The van der Waals surface area contributed by atoms with E-state index in [4.69, 9.17) is 4.74 Å². The summed E-state index contributed by atoms with van der Waals surface area (Å²) in [5.41, 5.74) is 0.984. The number of aryl methyl sites for hydroxylation is 1. The highest BCUT2D eigenvalue weighted by Gasteiger charge is 2.10. The van der Waals surface area contributed by atoms with E-state index in [0.717, 1.165) is 30.3 Å². The molecule has 102 valence electrons. The van der Waals surface area contributed by atoms with Crippen LogP contribution < -0.4 is 4.90 Å². The van der Waals surface area contributed by atoms with Crippen LogP contribution in [0.3, 0.4) is 0 Å². The first-order valence-corrected chi connectivity index (χ1v) is 7.44. The van der Waals surface area contributed by atoms with Gasteiger partial charge in [-0.15, -0.1) is 11.3 Å². The van der Waals surface area contributed by atoms with Gasteiger partial charge in [-0.05, 0) is 20.3 Å². The first-order valence-electron chi connectivity index (χ1n) is 6.56. The van der Waals surface area contributed by atoms with E-state index < -0.39 is 0 Å². The van der Waals surface area contributed by atoms with E-state index >= 15 is 0 Å². The van der Waals surface area contributed by atoms with Gasteiger partial charge >= 0.3 is 5.97 Å². The number of carbonyl (C=O) groups excluding carboxylic acids is 1. The summed E-state index contributed by atoms with van der Waals surface area (Å²) in [5.74, 6) is -0.145. The Morgan fingerprint density at radius 2 is 2.22 bits per heavy atom. The van der Waals surface area contributed by atoms with Crippen molar-refractivity contribution in [2.75, 3.05) is 24.6 Å². The quantitative estimate of drug-likeness (QED) is 0.681. The zero-order valence-corrected chi connectivity index (χ0v) is 12.3. The zero-order valence-electron chi connectivity index (χ0n) is 11.4. The molecule has 0 aliphatic rings. The molecule has 0 saturated heterocycles. The number of esters is 1. The van der Waals surface area contributed by atoms with Gasteiger partial charge in [-0.3, -0.25) is 4.79 Å². The molecule has 1 rings (SSSR count). The molecule has 5 heteroatoms. The summed E-state index contributed by atoms with van der Waals surface area (Å²) in [5, 5.41) is 3.09. The summed E-state index contributed by atoms with van der Waals surface area (Å²) in [6.07, 6.45) is 2.20. The van der Waals surface area contributed by atoms with Crippen LogP contribution >= 0.6 is 11.3 Å². The molecule has 1 aromatic heterocycles. The molecule has 0 saturated carbocycles. The van der Waals surface area contributed by atoms with Crippen molar-refractivity contribution in [1.29, 1.82) is 0 Å². The molecule has 0 aliphatic carbocycles. The third kappa shape index (κ3) is 4.64. The van der Waals surface area contributed by atoms with Crippen molar-refractivity contribution in [1.82, 2.24) is 4.98 Å². The van der Waals surface area contributed by atoms with Crippen molar-refractivity contribution < 1.29 is 9.53 Å². The Kier molecular flexibility index (Phi) is 6.72. The molecule has 0 amide bonds. The molecule has 0 aliphatic heterocycles. The SMILES string of the molecule is CCCN(CC)c1nc(CCC(=O)OCC)cs1. The minimum atomic E-state index is -0.145. The molecule has 0 N–H and O–H groups in total. The van der Waals surface area contributed by atoms with Crippen LogP contribution in [0.2, 0.25) is 0 Å². The van der Waals surface area contributed by atoms with Crippen LogP contribution in [-0.4, -0.2) is 30.6 Å². The van der Waals surface area contributed by atoms with Gasteiger partial charge in [0.1, 0.15) is 0 Å². The lowest BCUT2D eigenvalue weighted by Crippen LogP contribution is -2.23. The Bertz CT molecular complexity index is 366. The normalized spacial score (nSPS) is 10.4. The molecule has 1 heterocycles. The molecule has 0 aromatic carbocycles. The maximum absolute atomic E-state index is 11.3. The van der Waals surface area contributed by atoms with Crippen molar-refractivity contribution in [3.8, 4) is 0 Å². The molecule has 0 unspecified atom stereocenters. The Balaban J connectivity index is 2.49. The molecule has 0 fully saturated rings. The van der Waals surface area contributed by atoms with Gasteiger partial charge in [-0.1, -0.05) is 6.92 Å². The fraction of sp³-hybridized carbons (Fsp3) is 0.692. The minimum Gasteiger partial charge on any atom is -0.466 e. The number of carbonyl (C=O) groups is 1. The molecular formula is C13H22N2O2S. The maximum atomic E-state index is 11.3. The maximum Gasteiger partial charge on any atom is 0.306 e. The van der Waals surface area contributed by atoms with Crippen LogP contribution in [0.25, 0.3) is 0 Å². The Labute approximate surface area is 113 Å². The highest BCUT2D eigenvalue weighted by atomic mass is 32.1. The number of hydrogen-bond donors (Lipinski definition) is 0. The Morgan fingerprint density at radius 3 is 2.83 bits per heavy atom. The lowest BCUT2D eigenvalue weighted by molar-refractivity contribution is -0.143. The second-order valence-corrected chi connectivity index (χ2v) is 4.84. The number of anilines is 1. The van der Waals surface area contributed by atoms with Crippen molar-refractivity contribution in [2.45, 2.75) is 40.0 Å². The number of thiazole rings is 1.